The molecule has 0 bridgehead atoms. The second kappa shape index (κ2) is 5.16. The number of hydrogen-bond acceptors (Lipinski definition) is 2. The Bertz CT molecular complexity index is 569. The van der Waals surface area contributed by atoms with Gasteiger partial charge in [0, 0.05) is 5.56 Å². The van der Waals surface area contributed by atoms with Gasteiger partial charge >= 0.3 is 0 Å². The summed E-state index contributed by atoms with van der Waals surface area (Å²) in [6, 6.07) is 4.74. The second-order valence-electron chi connectivity index (χ2n) is 3.37. The zero-order valence-corrected chi connectivity index (χ0v) is 13.1. The van der Waals surface area contributed by atoms with Crippen LogP contribution >= 0.6 is 50.1 Å². The Morgan fingerprint density at radius 1 is 1.35 bits per heavy atom. The van der Waals surface area contributed by atoms with Gasteiger partial charge in [-0.1, -0.05) is 11.6 Å². The number of halogens is 4. The maximum atomic E-state index is 13.4. The van der Waals surface area contributed by atoms with Gasteiger partial charge in [-0.05, 0) is 63.6 Å². The van der Waals surface area contributed by atoms with Gasteiger partial charge in [0.1, 0.15) is 11.0 Å². The third-order valence-electron chi connectivity index (χ3n) is 2.15. The SMILES string of the molecule is Cc1nc(-c2ccc(Br)c(F)c2)nc(Cl)c1I. The molecule has 0 saturated carbocycles. The first-order chi connectivity index (χ1) is 7.99. The van der Waals surface area contributed by atoms with Crippen molar-refractivity contribution in [1.82, 2.24) is 9.97 Å². The summed E-state index contributed by atoms with van der Waals surface area (Å²) in [6.07, 6.45) is 0. The van der Waals surface area contributed by atoms with Crippen LogP contribution in [0.3, 0.4) is 0 Å². The minimum Gasteiger partial charge on any atom is -0.232 e. The van der Waals surface area contributed by atoms with E-state index in [0.717, 1.165) is 9.26 Å². The van der Waals surface area contributed by atoms with Crippen molar-refractivity contribution in [3.63, 3.8) is 0 Å². The smallest absolute Gasteiger partial charge is 0.161 e. The third-order valence-corrected chi connectivity index (χ3v) is 4.68. The van der Waals surface area contributed by atoms with Crippen molar-refractivity contribution in [3.05, 3.63) is 42.9 Å². The van der Waals surface area contributed by atoms with E-state index in [2.05, 4.69) is 48.5 Å². The van der Waals surface area contributed by atoms with Gasteiger partial charge in [0.2, 0.25) is 0 Å². The number of nitrogens with zero attached hydrogens (tertiary/aromatic N) is 2. The average Bonchev–Trinajstić information content (AvgIpc) is 2.29. The van der Waals surface area contributed by atoms with E-state index in [4.69, 9.17) is 11.6 Å². The van der Waals surface area contributed by atoms with Crippen molar-refractivity contribution in [2.75, 3.05) is 0 Å². The fourth-order valence-electron chi connectivity index (χ4n) is 1.29. The molecule has 0 radical (unpaired) electrons. The van der Waals surface area contributed by atoms with Crippen molar-refractivity contribution in [3.8, 4) is 11.4 Å². The predicted molar refractivity (Wildman–Crippen MR) is 77.6 cm³/mol. The van der Waals surface area contributed by atoms with Crippen LogP contribution in [0.2, 0.25) is 5.15 Å². The molecule has 17 heavy (non-hydrogen) atoms. The van der Waals surface area contributed by atoms with E-state index in [0.29, 0.717) is 21.0 Å². The number of benzene rings is 1. The molecule has 0 spiro atoms. The van der Waals surface area contributed by atoms with E-state index in [1.807, 2.05) is 6.92 Å². The van der Waals surface area contributed by atoms with Crippen molar-refractivity contribution in [2.45, 2.75) is 6.92 Å². The molecule has 1 aromatic carbocycles. The molecule has 0 aliphatic rings. The van der Waals surface area contributed by atoms with Crippen molar-refractivity contribution >= 4 is 50.1 Å². The zero-order chi connectivity index (χ0) is 12.6. The highest BCUT2D eigenvalue weighted by molar-refractivity contribution is 14.1. The lowest BCUT2D eigenvalue weighted by atomic mass is 10.2. The summed E-state index contributed by atoms with van der Waals surface area (Å²) >= 11 is 11.2. The number of aromatic nitrogens is 2. The van der Waals surface area contributed by atoms with Crippen LogP contribution in [0.5, 0.6) is 0 Å². The maximum Gasteiger partial charge on any atom is 0.161 e. The fourth-order valence-corrected chi connectivity index (χ4v) is 1.99. The van der Waals surface area contributed by atoms with Crippen molar-refractivity contribution < 1.29 is 4.39 Å². The van der Waals surface area contributed by atoms with Gasteiger partial charge in [0.15, 0.2) is 5.82 Å². The molecular formula is C11H6BrClFIN2. The van der Waals surface area contributed by atoms with Crippen LogP contribution in [0.15, 0.2) is 22.7 Å². The topological polar surface area (TPSA) is 25.8 Å². The van der Waals surface area contributed by atoms with Gasteiger partial charge in [-0.25, -0.2) is 14.4 Å². The molecule has 2 nitrogen and oxygen atoms in total. The summed E-state index contributed by atoms with van der Waals surface area (Å²) in [5.41, 5.74) is 1.39. The molecule has 1 aromatic heterocycles. The quantitative estimate of drug-likeness (QED) is 0.491. The van der Waals surface area contributed by atoms with E-state index in [-0.39, 0.29) is 5.82 Å². The molecule has 0 unspecified atom stereocenters. The normalized spacial score (nSPS) is 10.6. The lowest BCUT2D eigenvalue weighted by Crippen LogP contribution is -1.96. The molecule has 0 amide bonds. The van der Waals surface area contributed by atoms with Crippen LogP contribution in [-0.4, -0.2) is 9.97 Å². The summed E-state index contributed by atoms with van der Waals surface area (Å²) in [7, 11) is 0. The molecule has 1 heterocycles. The van der Waals surface area contributed by atoms with Gasteiger partial charge in [0.05, 0.1) is 13.7 Å². The van der Waals surface area contributed by atoms with Crippen molar-refractivity contribution in [1.29, 1.82) is 0 Å². The third kappa shape index (κ3) is 2.77. The molecule has 0 aliphatic carbocycles. The van der Waals surface area contributed by atoms with Crippen LogP contribution < -0.4 is 0 Å². The Balaban J connectivity index is 2.57. The fraction of sp³-hybridized carbons (Fsp3) is 0.0909. The van der Waals surface area contributed by atoms with E-state index in [1.165, 1.54) is 6.07 Å². The van der Waals surface area contributed by atoms with Gasteiger partial charge in [-0.3, -0.25) is 0 Å². The molecule has 2 aromatic rings. The average molecular weight is 427 g/mol. The Labute approximate surface area is 125 Å². The van der Waals surface area contributed by atoms with E-state index < -0.39 is 0 Å². The zero-order valence-electron chi connectivity index (χ0n) is 8.64. The Morgan fingerprint density at radius 2 is 2.06 bits per heavy atom. The van der Waals surface area contributed by atoms with Crippen LogP contribution in [0, 0.1) is 16.3 Å². The first-order valence-electron chi connectivity index (χ1n) is 4.64. The number of hydrogen-bond donors (Lipinski definition) is 0. The van der Waals surface area contributed by atoms with Gasteiger partial charge in [-0.15, -0.1) is 0 Å². The summed E-state index contributed by atoms with van der Waals surface area (Å²) in [6.45, 7) is 1.84. The molecule has 88 valence electrons. The first-order valence-corrected chi connectivity index (χ1v) is 6.89. The summed E-state index contributed by atoms with van der Waals surface area (Å²) < 4.78 is 14.6. The molecule has 0 aliphatic heterocycles. The lowest BCUT2D eigenvalue weighted by Gasteiger charge is -2.05. The Kier molecular flexibility index (Phi) is 3.99. The van der Waals surface area contributed by atoms with Crippen LogP contribution in [-0.2, 0) is 0 Å². The number of rotatable bonds is 1. The van der Waals surface area contributed by atoms with E-state index in [9.17, 15) is 4.39 Å². The molecule has 6 heteroatoms. The molecule has 0 N–H and O–H groups in total. The molecule has 0 fully saturated rings. The van der Waals surface area contributed by atoms with Crippen LogP contribution in [0.4, 0.5) is 4.39 Å². The Hall–Kier alpha value is -0.270. The standard InChI is InChI=1S/C11H6BrClFIN2/c1-5-9(15)10(13)17-11(16-5)6-2-3-7(12)8(14)4-6/h2-4H,1H3. The molecule has 2 rings (SSSR count). The monoisotopic (exact) mass is 426 g/mol. The van der Waals surface area contributed by atoms with Crippen LogP contribution in [0.25, 0.3) is 11.4 Å². The van der Waals surface area contributed by atoms with E-state index in [1.54, 1.807) is 12.1 Å². The molecule has 0 saturated heterocycles. The van der Waals surface area contributed by atoms with E-state index >= 15 is 0 Å². The molecule has 0 atom stereocenters. The van der Waals surface area contributed by atoms with Gasteiger partial charge in [0.25, 0.3) is 0 Å². The predicted octanol–water partition coefficient (Wildman–Crippen LogP) is 4.61. The Morgan fingerprint density at radius 3 is 2.65 bits per heavy atom. The summed E-state index contributed by atoms with van der Waals surface area (Å²) in [5, 5.41) is 0.386. The highest BCUT2D eigenvalue weighted by Gasteiger charge is 2.10. The number of aryl methyl sites for hydroxylation is 1. The van der Waals surface area contributed by atoms with Crippen LogP contribution in [0.1, 0.15) is 5.69 Å². The summed E-state index contributed by atoms with van der Waals surface area (Å²) in [4.78, 5) is 8.43. The van der Waals surface area contributed by atoms with Gasteiger partial charge in [-0.2, -0.15) is 0 Å². The first kappa shape index (κ1) is 13.2. The minimum absolute atomic E-state index is 0.349. The highest BCUT2D eigenvalue weighted by atomic mass is 127. The van der Waals surface area contributed by atoms with Gasteiger partial charge < -0.3 is 0 Å². The maximum absolute atomic E-state index is 13.4. The largest absolute Gasteiger partial charge is 0.232 e. The minimum atomic E-state index is -0.349. The highest BCUT2D eigenvalue weighted by Crippen LogP contribution is 2.25. The second-order valence-corrected chi connectivity index (χ2v) is 5.66. The summed E-state index contributed by atoms with van der Waals surface area (Å²) in [5.74, 6) is 0.0812. The molecular weight excluding hydrogens is 421 g/mol. The lowest BCUT2D eigenvalue weighted by molar-refractivity contribution is 0.621. The van der Waals surface area contributed by atoms with Crippen molar-refractivity contribution in [2.24, 2.45) is 0 Å².